The highest BCUT2D eigenvalue weighted by molar-refractivity contribution is 6.06. The SMILES string of the molecule is C=C(C=[N+](C)[O-])c1ccc(-c2ncco2)cc1. The molecule has 2 aromatic rings. The molecule has 1 aromatic heterocycles. The van der Waals surface area contributed by atoms with Gasteiger partial charge in [-0.3, -0.25) is 0 Å². The van der Waals surface area contributed by atoms with Gasteiger partial charge in [0.1, 0.15) is 13.3 Å². The van der Waals surface area contributed by atoms with Crippen LogP contribution >= 0.6 is 0 Å². The van der Waals surface area contributed by atoms with Crippen LogP contribution in [0.1, 0.15) is 5.56 Å². The standard InChI is InChI=1S/C13H12N2O2/c1-10(9-15(2)16)11-3-5-12(6-4-11)13-14-7-8-17-13/h3-9H,1H2,2H3. The summed E-state index contributed by atoms with van der Waals surface area (Å²) in [6.45, 7) is 3.82. The Morgan fingerprint density at radius 2 is 2.12 bits per heavy atom. The predicted molar refractivity (Wildman–Crippen MR) is 66.6 cm³/mol. The molecule has 2 rings (SSSR count). The van der Waals surface area contributed by atoms with E-state index in [2.05, 4.69) is 11.6 Å². The van der Waals surface area contributed by atoms with Gasteiger partial charge in [0.05, 0.1) is 6.20 Å². The first-order valence-electron chi connectivity index (χ1n) is 5.11. The van der Waals surface area contributed by atoms with Crippen LogP contribution in [0.2, 0.25) is 0 Å². The van der Waals surface area contributed by atoms with Crippen LogP contribution in [0.5, 0.6) is 0 Å². The summed E-state index contributed by atoms with van der Waals surface area (Å²) < 4.78 is 5.91. The van der Waals surface area contributed by atoms with E-state index < -0.39 is 0 Å². The second kappa shape index (κ2) is 4.65. The van der Waals surface area contributed by atoms with Crippen LogP contribution in [0, 0.1) is 5.21 Å². The number of hydrogen-bond acceptors (Lipinski definition) is 3. The molecule has 0 bridgehead atoms. The van der Waals surface area contributed by atoms with Crippen molar-refractivity contribution < 1.29 is 9.16 Å². The maximum Gasteiger partial charge on any atom is 0.225 e. The Labute approximate surface area is 99.1 Å². The average Bonchev–Trinajstić information content (AvgIpc) is 2.82. The van der Waals surface area contributed by atoms with E-state index in [4.69, 9.17) is 4.42 Å². The van der Waals surface area contributed by atoms with Crippen molar-refractivity contribution in [2.75, 3.05) is 7.05 Å². The summed E-state index contributed by atoms with van der Waals surface area (Å²) in [5.74, 6) is 0.576. The normalized spacial score (nSPS) is 11.5. The minimum absolute atomic E-state index is 0.576. The number of allylic oxidation sites excluding steroid dienone is 1. The monoisotopic (exact) mass is 228 g/mol. The summed E-state index contributed by atoms with van der Waals surface area (Å²) in [4.78, 5) is 4.05. The molecule has 17 heavy (non-hydrogen) atoms. The van der Waals surface area contributed by atoms with Crippen molar-refractivity contribution in [3.63, 3.8) is 0 Å². The Morgan fingerprint density at radius 1 is 1.41 bits per heavy atom. The molecule has 0 aliphatic rings. The van der Waals surface area contributed by atoms with E-state index in [1.165, 1.54) is 19.5 Å². The summed E-state index contributed by atoms with van der Waals surface area (Å²) >= 11 is 0. The maximum absolute atomic E-state index is 10.9. The molecule has 1 heterocycles. The highest BCUT2D eigenvalue weighted by Gasteiger charge is 2.03. The average molecular weight is 228 g/mol. The molecule has 0 atom stereocenters. The quantitative estimate of drug-likeness (QED) is 0.351. The third-order valence-corrected chi connectivity index (χ3v) is 2.27. The Hall–Kier alpha value is -2.36. The lowest BCUT2D eigenvalue weighted by atomic mass is 10.1. The van der Waals surface area contributed by atoms with Crippen molar-refractivity contribution in [1.82, 2.24) is 4.98 Å². The van der Waals surface area contributed by atoms with Gasteiger partial charge in [-0.15, -0.1) is 0 Å². The molecule has 0 N–H and O–H groups in total. The maximum atomic E-state index is 10.9. The summed E-state index contributed by atoms with van der Waals surface area (Å²) in [6.07, 6.45) is 4.56. The zero-order valence-electron chi connectivity index (χ0n) is 9.46. The van der Waals surface area contributed by atoms with Crippen molar-refractivity contribution in [3.8, 4) is 11.5 Å². The van der Waals surface area contributed by atoms with E-state index >= 15 is 0 Å². The fourth-order valence-electron chi connectivity index (χ4n) is 1.49. The lowest BCUT2D eigenvalue weighted by Crippen LogP contribution is -1.97. The van der Waals surface area contributed by atoms with Crippen molar-refractivity contribution in [2.24, 2.45) is 0 Å². The Morgan fingerprint density at radius 3 is 2.65 bits per heavy atom. The number of aromatic nitrogens is 1. The predicted octanol–water partition coefficient (Wildman–Crippen LogP) is 2.57. The zero-order chi connectivity index (χ0) is 12.3. The Kier molecular flexibility index (Phi) is 3.05. The van der Waals surface area contributed by atoms with Gasteiger partial charge in [-0.05, 0) is 17.7 Å². The number of rotatable bonds is 3. The highest BCUT2D eigenvalue weighted by Crippen LogP contribution is 2.19. The van der Waals surface area contributed by atoms with Gasteiger partial charge in [0.15, 0.2) is 6.21 Å². The van der Waals surface area contributed by atoms with Crippen LogP contribution in [0.15, 0.2) is 47.7 Å². The molecular formula is C13H12N2O2. The smallest absolute Gasteiger partial charge is 0.225 e. The second-order valence-corrected chi connectivity index (χ2v) is 3.62. The molecule has 0 fully saturated rings. The van der Waals surface area contributed by atoms with Crippen molar-refractivity contribution in [2.45, 2.75) is 0 Å². The lowest BCUT2D eigenvalue weighted by molar-refractivity contribution is -0.416. The third-order valence-electron chi connectivity index (χ3n) is 2.27. The fourth-order valence-corrected chi connectivity index (χ4v) is 1.49. The first kappa shape index (κ1) is 11.1. The minimum Gasteiger partial charge on any atom is -0.624 e. The molecule has 4 nitrogen and oxygen atoms in total. The molecule has 0 saturated heterocycles. The number of hydroxylamine groups is 1. The summed E-state index contributed by atoms with van der Waals surface area (Å²) in [5, 5.41) is 10.9. The summed E-state index contributed by atoms with van der Waals surface area (Å²) in [6, 6.07) is 7.51. The first-order chi connectivity index (χ1) is 8.16. The molecule has 4 heteroatoms. The highest BCUT2D eigenvalue weighted by atomic mass is 16.5. The van der Waals surface area contributed by atoms with Gasteiger partial charge in [-0.2, -0.15) is 0 Å². The van der Waals surface area contributed by atoms with Crippen LogP contribution in [0.3, 0.4) is 0 Å². The summed E-state index contributed by atoms with van der Waals surface area (Å²) in [5.41, 5.74) is 2.45. The van der Waals surface area contributed by atoms with Gasteiger partial charge in [0, 0.05) is 11.1 Å². The summed E-state index contributed by atoms with van der Waals surface area (Å²) in [7, 11) is 1.42. The molecule has 86 valence electrons. The third kappa shape index (κ3) is 2.60. The Balaban J connectivity index is 2.25. The van der Waals surface area contributed by atoms with E-state index in [9.17, 15) is 5.21 Å². The fraction of sp³-hybridized carbons (Fsp3) is 0.0769. The molecule has 0 unspecified atom stereocenters. The van der Waals surface area contributed by atoms with Crippen LogP contribution in [0.25, 0.3) is 17.0 Å². The van der Waals surface area contributed by atoms with Gasteiger partial charge in [-0.25, -0.2) is 9.72 Å². The minimum atomic E-state index is 0.576. The second-order valence-electron chi connectivity index (χ2n) is 3.62. The lowest BCUT2D eigenvalue weighted by Gasteiger charge is -2.01. The molecule has 0 amide bonds. The number of benzene rings is 1. The van der Waals surface area contributed by atoms with Crippen LogP contribution in [0.4, 0.5) is 0 Å². The number of oxazole rings is 1. The van der Waals surface area contributed by atoms with E-state index in [-0.39, 0.29) is 0 Å². The van der Waals surface area contributed by atoms with E-state index in [0.29, 0.717) is 11.5 Å². The van der Waals surface area contributed by atoms with Crippen LogP contribution < -0.4 is 0 Å². The van der Waals surface area contributed by atoms with Crippen LogP contribution in [-0.2, 0) is 0 Å². The van der Waals surface area contributed by atoms with Gasteiger partial charge >= 0.3 is 0 Å². The van der Waals surface area contributed by atoms with Crippen LogP contribution in [-0.4, -0.2) is 23.0 Å². The van der Waals surface area contributed by atoms with Gasteiger partial charge in [0.25, 0.3) is 0 Å². The molecule has 0 spiro atoms. The molecule has 0 saturated carbocycles. The molecule has 0 radical (unpaired) electrons. The topological polar surface area (TPSA) is 52.1 Å². The number of nitrogens with zero attached hydrogens (tertiary/aromatic N) is 2. The largest absolute Gasteiger partial charge is 0.624 e. The zero-order valence-corrected chi connectivity index (χ0v) is 9.46. The van der Waals surface area contributed by atoms with Gasteiger partial charge < -0.3 is 9.62 Å². The van der Waals surface area contributed by atoms with Crippen molar-refractivity contribution in [1.29, 1.82) is 0 Å². The van der Waals surface area contributed by atoms with Gasteiger partial charge in [0.2, 0.25) is 5.89 Å². The van der Waals surface area contributed by atoms with Crippen molar-refractivity contribution in [3.05, 3.63) is 54.1 Å². The van der Waals surface area contributed by atoms with E-state index in [0.717, 1.165) is 15.9 Å². The molecule has 0 aliphatic heterocycles. The molecule has 0 aliphatic carbocycles. The van der Waals surface area contributed by atoms with Gasteiger partial charge in [-0.1, -0.05) is 18.7 Å². The molecular weight excluding hydrogens is 216 g/mol. The van der Waals surface area contributed by atoms with E-state index in [1.807, 2.05) is 24.3 Å². The molecule has 1 aromatic carbocycles. The first-order valence-corrected chi connectivity index (χ1v) is 5.11. The number of hydrogen-bond donors (Lipinski definition) is 0. The van der Waals surface area contributed by atoms with Crippen molar-refractivity contribution >= 4 is 11.8 Å². The van der Waals surface area contributed by atoms with E-state index in [1.54, 1.807) is 6.20 Å². The Bertz CT molecular complexity index is 535.